The summed E-state index contributed by atoms with van der Waals surface area (Å²) in [4.78, 5) is 12.5. The highest BCUT2D eigenvalue weighted by atomic mass is 127. The average molecular weight is 349 g/mol. The highest BCUT2D eigenvalue weighted by Gasteiger charge is 2.02. The average Bonchev–Trinajstić information content (AvgIpc) is 2.41. The zero-order valence-electron chi connectivity index (χ0n) is 9.25. The van der Waals surface area contributed by atoms with Gasteiger partial charge in [-0.1, -0.05) is 6.07 Å². The molecule has 3 aromatic rings. The summed E-state index contributed by atoms with van der Waals surface area (Å²) in [7, 11) is 0. The molecule has 0 saturated carbocycles. The predicted molar refractivity (Wildman–Crippen MR) is 76.6 cm³/mol. The van der Waals surface area contributed by atoms with Gasteiger partial charge in [-0.15, -0.1) is 0 Å². The molecule has 0 aliphatic carbocycles. The van der Waals surface area contributed by atoms with Crippen LogP contribution in [0.4, 0.5) is 0 Å². The van der Waals surface area contributed by atoms with E-state index in [1.54, 1.807) is 18.6 Å². The molecule has 0 bridgehead atoms. The normalized spacial score (nSPS) is 10.5. The maximum atomic E-state index is 5.58. The summed E-state index contributed by atoms with van der Waals surface area (Å²) < 4.78 is 6.55. The van der Waals surface area contributed by atoms with Crippen molar-refractivity contribution in [3.8, 4) is 11.8 Å². The van der Waals surface area contributed by atoms with Crippen molar-refractivity contribution in [2.45, 2.75) is 0 Å². The molecule has 2 aromatic heterocycles. The third-order valence-corrected chi connectivity index (χ3v) is 2.94. The van der Waals surface area contributed by atoms with Gasteiger partial charge in [0.25, 0.3) is 0 Å². The number of nitrogens with zero attached hydrogens (tertiary/aromatic N) is 3. The van der Waals surface area contributed by atoms with Crippen molar-refractivity contribution in [3.63, 3.8) is 0 Å². The third-order valence-electron chi connectivity index (χ3n) is 2.38. The Bertz CT molecular complexity index is 685. The van der Waals surface area contributed by atoms with Gasteiger partial charge in [0.1, 0.15) is 5.75 Å². The minimum atomic E-state index is 0.339. The standard InChI is InChI=1S/C13H8IN3O/c14-10-7-16-13(17-8-10)18-11-4-3-9-2-1-5-15-12(9)6-11/h1-8H. The molecule has 0 unspecified atom stereocenters. The van der Waals surface area contributed by atoms with Crippen LogP contribution in [0.2, 0.25) is 0 Å². The lowest BCUT2D eigenvalue weighted by molar-refractivity contribution is 0.442. The highest BCUT2D eigenvalue weighted by molar-refractivity contribution is 14.1. The van der Waals surface area contributed by atoms with Crippen LogP contribution in [0.25, 0.3) is 10.9 Å². The van der Waals surface area contributed by atoms with E-state index in [2.05, 4.69) is 37.5 Å². The fourth-order valence-corrected chi connectivity index (χ4v) is 1.85. The molecular formula is C13H8IN3O. The van der Waals surface area contributed by atoms with Crippen molar-refractivity contribution in [1.29, 1.82) is 0 Å². The van der Waals surface area contributed by atoms with E-state index in [-0.39, 0.29) is 0 Å². The molecule has 2 heterocycles. The summed E-state index contributed by atoms with van der Waals surface area (Å²) in [5.74, 6) is 0.683. The number of rotatable bonds is 2. The minimum absolute atomic E-state index is 0.339. The van der Waals surface area contributed by atoms with Gasteiger partial charge in [0.2, 0.25) is 0 Å². The van der Waals surface area contributed by atoms with Crippen molar-refractivity contribution >= 4 is 33.5 Å². The Morgan fingerprint density at radius 2 is 1.83 bits per heavy atom. The van der Waals surface area contributed by atoms with Crippen LogP contribution in [0.15, 0.2) is 48.9 Å². The molecule has 0 fully saturated rings. The second-order valence-electron chi connectivity index (χ2n) is 3.64. The third kappa shape index (κ3) is 2.40. The second kappa shape index (κ2) is 4.85. The number of pyridine rings is 1. The van der Waals surface area contributed by atoms with Crippen LogP contribution < -0.4 is 4.74 Å². The lowest BCUT2D eigenvalue weighted by Gasteiger charge is -2.04. The lowest BCUT2D eigenvalue weighted by Crippen LogP contribution is -1.91. The Hall–Kier alpha value is -1.76. The Balaban J connectivity index is 1.92. The largest absolute Gasteiger partial charge is 0.424 e. The molecule has 0 amide bonds. The highest BCUT2D eigenvalue weighted by Crippen LogP contribution is 2.22. The van der Waals surface area contributed by atoms with E-state index < -0.39 is 0 Å². The summed E-state index contributed by atoms with van der Waals surface area (Å²) in [6.45, 7) is 0. The SMILES string of the molecule is Ic1cnc(Oc2ccc3cccnc3c2)nc1. The Labute approximate surface area is 117 Å². The van der Waals surface area contributed by atoms with Crippen LogP contribution in [0, 0.1) is 3.57 Å². The lowest BCUT2D eigenvalue weighted by atomic mass is 10.2. The van der Waals surface area contributed by atoms with Gasteiger partial charge >= 0.3 is 6.01 Å². The first-order valence-corrected chi connectivity index (χ1v) is 6.39. The minimum Gasteiger partial charge on any atom is -0.424 e. The van der Waals surface area contributed by atoms with Gasteiger partial charge in [-0.05, 0) is 40.8 Å². The zero-order chi connectivity index (χ0) is 12.4. The van der Waals surface area contributed by atoms with Crippen LogP contribution in [0.3, 0.4) is 0 Å². The first-order chi connectivity index (χ1) is 8.81. The van der Waals surface area contributed by atoms with E-state index in [9.17, 15) is 0 Å². The molecule has 1 aromatic carbocycles. The van der Waals surface area contributed by atoms with Gasteiger partial charge in [0, 0.05) is 33.6 Å². The van der Waals surface area contributed by atoms with Crippen molar-refractivity contribution < 1.29 is 4.74 Å². The smallest absolute Gasteiger partial charge is 0.321 e. The molecule has 88 valence electrons. The second-order valence-corrected chi connectivity index (χ2v) is 4.89. The predicted octanol–water partition coefficient (Wildman–Crippen LogP) is 3.42. The molecule has 5 heteroatoms. The zero-order valence-corrected chi connectivity index (χ0v) is 11.4. The Kier molecular flexibility index (Phi) is 3.06. The molecule has 0 N–H and O–H groups in total. The van der Waals surface area contributed by atoms with Crippen molar-refractivity contribution in [2.24, 2.45) is 0 Å². The number of fused-ring (bicyclic) bond motifs is 1. The van der Waals surface area contributed by atoms with Gasteiger partial charge in [-0.3, -0.25) is 4.98 Å². The Morgan fingerprint density at radius 3 is 2.67 bits per heavy atom. The number of hydrogen-bond donors (Lipinski definition) is 0. The maximum absolute atomic E-state index is 5.58. The quantitative estimate of drug-likeness (QED) is 0.666. The maximum Gasteiger partial charge on any atom is 0.321 e. The number of hydrogen-bond acceptors (Lipinski definition) is 4. The molecule has 0 aliphatic rings. The summed E-state index contributed by atoms with van der Waals surface area (Å²) in [5, 5.41) is 1.08. The van der Waals surface area contributed by atoms with Crippen LogP contribution in [-0.4, -0.2) is 15.0 Å². The van der Waals surface area contributed by atoms with E-state index in [4.69, 9.17) is 4.74 Å². The molecule has 0 aliphatic heterocycles. The van der Waals surface area contributed by atoms with Gasteiger partial charge in [-0.2, -0.15) is 0 Å². The molecule has 18 heavy (non-hydrogen) atoms. The van der Waals surface area contributed by atoms with E-state index in [0.29, 0.717) is 11.8 Å². The molecule has 0 radical (unpaired) electrons. The van der Waals surface area contributed by atoms with Crippen LogP contribution in [0.1, 0.15) is 0 Å². The molecule has 3 rings (SSSR count). The van der Waals surface area contributed by atoms with Crippen LogP contribution in [0.5, 0.6) is 11.8 Å². The summed E-state index contributed by atoms with van der Waals surface area (Å²) in [6.07, 6.45) is 5.18. The monoisotopic (exact) mass is 349 g/mol. The first-order valence-electron chi connectivity index (χ1n) is 5.31. The van der Waals surface area contributed by atoms with E-state index in [1.165, 1.54) is 0 Å². The fourth-order valence-electron chi connectivity index (χ4n) is 1.57. The molecular weight excluding hydrogens is 341 g/mol. The summed E-state index contributed by atoms with van der Waals surface area (Å²) in [6, 6.07) is 9.97. The number of ether oxygens (including phenoxy) is 1. The van der Waals surface area contributed by atoms with E-state index in [1.807, 2.05) is 30.3 Å². The summed E-state index contributed by atoms with van der Waals surface area (Å²) >= 11 is 2.15. The van der Waals surface area contributed by atoms with Gasteiger partial charge in [0.15, 0.2) is 0 Å². The van der Waals surface area contributed by atoms with Crippen molar-refractivity contribution in [3.05, 3.63) is 52.5 Å². The van der Waals surface area contributed by atoms with Gasteiger partial charge in [0.05, 0.1) is 5.52 Å². The molecule has 0 saturated heterocycles. The van der Waals surface area contributed by atoms with Gasteiger partial charge in [-0.25, -0.2) is 9.97 Å². The van der Waals surface area contributed by atoms with Crippen LogP contribution >= 0.6 is 22.6 Å². The Morgan fingerprint density at radius 1 is 1.00 bits per heavy atom. The summed E-state index contributed by atoms with van der Waals surface area (Å²) in [5.41, 5.74) is 0.889. The molecule has 0 atom stereocenters. The fraction of sp³-hybridized carbons (Fsp3) is 0. The van der Waals surface area contributed by atoms with Crippen LogP contribution in [-0.2, 0) is 0 Å². The molecule has 4 nitrogen and oxygen atoms in total. The topological polar surface area (TPSA) is 47.9 Å². The van der Waals surface area contributed by atoms with Crippen molar-refractivity contribution in [2.75, 3.05) is 0 Å². The molecule has 0 spiro atoms. The van der Waals surface area contributed by atoms with E-state index >= 15 is 0 Å². The van der Waals surface area contributed by atoms with E-state index in [0.717, 1.165) is 14.5 Å². The number of aromatic nitrogens is 3. The van der Waals surface area contributed by atoms with Crippen molar-refractivity contribution in [1.82, 2.24) is 15.0 Å². The van der Waals surface area contributed by atoms with Gasteiger partial charge < -0.3 is 4.74 Å². The number of halogens is 1. The first kappa shape index (κ1) is 11.3. The number of benzene rings is 1.